The Morgan fingerprint density at radius 3 is 2.81 bits per heavy atom. The number of nitrogens with one attached hydrogen (secondary N) is 2. The van der Waals surface area contributed by atoms with Crippen LogP contribution in [0.25, 0.3) is 10.4 Å². The van der Waals surface area contributed by atoms with Gasteiger partial charge in [-0.2, -0.15) is 0 Å². The summed E-state index contributed by atoms with van der Waals surface area (Å²) >= 11 is 1.20. The van der Waals surface area contributed by atoms with Crippen LogP contribution in [0.5, 0.6) is 0 Å². The standard InChI is InChI=1S/C26H30FN5O3S/c1-3-21(33)15-7-9-18(20(27)11-15)22-12-19(25(28)35)26(36-22)31-23-6-4-5-16(30-23)13-29-14-17-8-10-24(34)32(17)2/h4-7,9,11-12,17,21,29,33H,3,8,10,13-14H2,1-2H3,(H2,28,35)(H,30,31). The number of likely N-dealkylation sites (tertiary alicyclic amines) is 1. The summed E-state index contributed by atoms with van der Waals surface area (Å²) in [5.41, 5.74) is 7.46. The van der Waals surface area contributed by atoms with Gasteiger partial charge >= 0.3 is 0 Å². The number of aliphatic hydroxyl groups is 1. The zero-order valence-electron chi connectivity index (χ0n) is 20.3. The van der Waals surface area contributed by atoms with Crippen LogP contribution in [0, 0.1) is 5.82 Å². The fourth-order valence-electron chi connectivity index (χ4n) is 4.21. The summed E-state index contributed by atoms with van der Waals surface area (Å²) in [4.78, 5) is 30.7. The van der Waals surface area contributed by atoms with Gasteiger partial charge in [0.05, 0.1) is 17.4 Å². The van der Waals surface area contributed by atoms with Crippen LogP contribution in [0.2, 0.25) is 0 Å². The Kier molecular flexibility index (Phi) is 7.97. The molecule has 1 fully saturated rings. The van der Waals surface area contributed by atoms with Gasteiger partial charge in [-0.3, -0.25) is 9.59 Å². The highest BCUT2D eigenvalue weighted by Crippen LogP contribution is 2.38. The number of hydrogen-bond acceptors (Lipinski definition) is 7. The highest BCUT2D eigenvalue weighted by Gasteiger charge is 2.27. The molecule has 4 rings (SSSR count). The number of nitrogens with zero attached hydrogens (tertiary/aromatic N) is 2. The van der Waals surface area contributed by atoms with E-state index in [-0.39, 0.29) is 17.5 Å². The second-order valence-electron chi connectivity index (χ2n) is 8.85. The van der Waals surface area contributed by atoms with E-state index in [1.54, 1.807) is 29.2 Å². The number of aliphatic hydroxyl groups excluding tert-OH is 1. The fraction of sp³-hybridized carbons (Fsp3) is 0.346. The van der Waals surface area contributed by atoms with Gasteiger partial charge in [0, 0.05) is 43.0 Å². The molecular weight excluding hydrogens is 481 g/mol. The average Bonchev–Trinajstić information content (AvgIpc) is 3.42. The van der Waals surface area contributed by atoms with E-state index in [0.29, 0.717) is 52.8 Å². The number of aromatic nitrogens is 1. The van der Waals surface area contributed by atoms with E-state index in [0.717, 1.165) is 12.1 Å². The zero-order chi connectivity index (χ0) is 25.8. The molecule has 5 N–H and O–H groups in total. The van der Waals surface area contributed by atoms with Crippen LogP contribution < -0.4 is 16.4 Å². The third kappa shape index (κ3) is 5.72. The minimum atomic E-state index is -0.732. The van der Waals surface area contributed by atoms with Crippen molar-refractivity contribution >= 4 is 34.0 Å². The summed E-state index contributed by atoms with van der Waals surface area (Å²) < 4.78 is 14.8. The summed E-state index contributed by atoms with van der Waals surface area (Å²) in [6, 6.07) is 11.9. The molecule has 3 heterocycles. The van der Waals surface area contributed by atoms with Crippen LogP contribution in [-0.2, 0) is 11.3 Å². The lowest BCUT2D eigenvalue weighted by Crippen LogP contribution is -2.37. The van der Waals surface area contributed by atoms with Crippen LogP contribution in [0.15, 0.2) is 42.5 Å². The molecule has 0 spiro atoms. The highest BCUT2D eigenvalue weighted by atomic mass is 32.1. The van der Waals surface area contributed by atoms with Crippen molar-refractivity contribution in [3.05, 3.63) is 65.1 Å². The van der Waals surface area contributed by atoms with Crippen molar-refractivity contribution < 1.29 is 19.1 Å². The third-order valence-corrected chi connectivity index (χ3v) is 7.48. The van der Waals surface area contributed by atoms with Crippen LogP contribution >= 0.6 is 11.3 Å². The number of amides is 2. The first-order valence-electron chi connectivity index (χ1n) is 11.9. The summed E-state index contributed by atoms with van der Waals surface area (Å²) in [5.74, 6) is -0.419. The number of carbonyl (C=O) groups is 2. The van der Waals surface area contributed by atoms with Gasteiger partial charge in [0.25, 0.3) is 5.91 Å². The molecule has 10 heteroatoms. The predicted molar refractivity (Wildman–Crippen MR) is 139 cm³/mol. The van der Waals surface area contributed by atoms with Crippen LogP contribution in [0.1, 0.15) is 53.9 Å². The van der Waals surface area contributed by atoms with Gasteiger partial charge in [-0.25, -0.2) is 9.37 Å². The Labute approximate surface area is 213 Å². The maximum atomic E-state index is 14.8. The van der Waals surface area contributed by atoms with Crippen molar-refractivity contribution in [3.63, 3.8) is 0 Å². The maximum absolute atomic E-state index is 14.8. The Balaban J connectivity index is 1.48. The smallest absolute Gasteiger partial charge is 0.251 e. The number of primary amides is 1. The number of thiophene rings is 1. The first kappa shape index (κ1) is 25.7. The van der Waals surface area contributed by atoms with E-state index >= 15 is 0 Å². The minimum absolute atomic E-state index is 0.168. The molecule has 2 amide bonds. The number of halogens is 1. The monoisotopic (exact) mass is 511 g/mol. The molecule has 0 saturated carbocycles. The van der Waals surface area contributed by atoms with Crippen molar-refractivity contribution in [2.24, 2.45) is 5.73 Å². The van der Waals surface area contributed by atoms with Crippen molar-refractivity contribution in [2.75, 3.05) is 18.9 Å². The van der Waals surface area contributed by atoms with Gasteiger partial charge in [0.1, 0.15) is 16.6 Å². The molecule has 0 radical (unpaired) electrons. The quantitative estimate of drug-likeness (QED) is 0.327. The number of likely N-dealkylation sites (N-methyl/N-ethyl adjacent to an activating group) is 1. The average molecular weight is 512 g/mol. The molecule has 0 aliphatic carbocycles. The molecule has 1 aromatic carbocycles. The van der Waals surface area contributed by atoms with Gasteiger partial charge < -0.3 is 26.4 Å². The van der Waals surface area contributed by atoms with Crippen molar-refractivity contribution in [1.29, 1.82) is 0 Å². The fourth-order valence-corrected chi connectivity index (χ4v) is 5.30. The third-order valence-electron chi connectivity index (χ3n) is 6.39. The predicted octanol–water partition coefficient (Wildman–Crippen LogP) is 3.95. The number of anilines is 2. The first-order valence-corrected chi connectivity index (χ1v) is 12.7. The SMILES string of the molecule is CCC(O)c1ccc(-c2cc(C(N)=O)c(Nc3cccc(CNCC4CCC(=O)N4C)n3)s2)c(F)c1. The molecule has 8 nitrogen and oxygen atoms in total. The molecule has 2 atom stereocenters. The van der Waals surface area contributed by atoms with E-state index in [4.69, 9.17) is 5.73 Å². The van der Waals surface area contributed by atoms with E-state index in [9.17, 15) is 19.1 Å². The number of benzene rings is 1. The molecular formula is C26H30FN5O3S. The van der Waals surface area contributed by atoms with Gasteiger partial charge in [0.15, 0.2) is 0 Å². The number of carbonyl (C=O) groups excluding carboxylic acids is 2. The Morgan fingerprint density at radius 1 is 1.33 bits per heavy atom. The number of pyridine rings is 1. The summed E-state index contributed by atoms with van der Waals surface area (Å²) in [6.45, 7) is 3.03. The molecule has 1 aliphatic heterocycles. The minimum Gasteiger partial charge on any atom is -0.388 e. The van der Waals surface area contributed by atoms with E-state index < -0.39 is 17.8 Å². The lowest BCUT2D eigenvalue weighted by atomic mass is 10.0. The molecule has 1 aliphatic rings. The molecule has 2 unspecified atom stereocenters. The number of hydrogen-bond donors (Lipinski definition) is 4. The van der Waals surface area contributed by atoms with E-state index in [1.807, 2.05) is 26.1 Å². The number of nitrogens with two attached hydrogens (primary N) is 1. The second kappa shape index (κ2) is 11.2. The van der Waals surface area contributed by atoms with Crippen molar-refractivity contribution in [3.8, 4) is 10.4 Å². The van der Waals surface area contributed by atoms with Gasteiger partial charge in [-0.05, 0) is 42.7 Å². The Morgan fingerprint density at radius 2 is 2.14 bits per heavy atom. The highest BCUT2D eigenvalue weighted by molar-refractivity contribution is 7.19. The molecule has 2 aromatic heterocycles. The molecule has 190 valence electrons. The Hall–Kier alpha value is -3.34. The van der Waals surface area contributed by atoms with E-state index in [2.05, 4.69) is 15.6 Å². The first-order chi connectivity index (χ1) is 17.3. The second-order valence-corrected chi connectivity index (χ2v) is 9.90. The summed E-state index contributed by atoms with van der Waals surface area (Å²) in [5, 5.41) is 17.0. The topological polar surface area (TPSA) is 121 Å². The van der Waals surface area contributed by atoms with E-state index in [1.165, 1.54) is 17.4 Å². The lowest BCUT2D eigenvalue weighted by molar-refractivity contribution is -0.127. The molecule has 0 bridgehead atoms. The van der Waals surface area contributed by atoms with Gasteiger partial charge in [-0.15, -0.1) is 11.3 Å². The van der Waals surface area contributed by atoms with Crippen LogP contribution in [0.4, 0.5) is 15.2 Å². The number of rotatable bonds is 10. The van der Waals surface area contributed by atoms with Crippen molar-refractivity contribution in [1.82, 2.24) is 15.2 Å². The van der Waals surface area contributed by atoms with Crippen LogP contribution in [-0.4, -0.2) is 46.4 Å². The molecule has 3 aromatic rings. The largest absolute Gasteiger partial charge is 0.388 e. The zero-order valence-corrected chi connectivity index (χ0v) is 21.1. The normalized spacial score (nSPS) is 16.4. The maximum Gasteiger partial charge on any atom is 0.251 e. The summed E-state index contributed by atoms with van der Waals surface area (Å²) in [6.07, 6.45) is 1.18. The molecule has 36 heavy (non-hydrogen) atoms. The molecule has 1 saturated heterocycles. The van der Waals surface area contributed by atoms with Crippen LogP contribution in [0.3, 0.4) is 0 Å². The van der Waals surface area contributed by atoms with Crippen molar-refractivity contribution in [2.45, 2.75) is 44.9 Å². The van der Waals surface area contributed by atoms with Gasteiger partial charge in [0.2, 0.25) is 5.91 Å². The van der Waals surface area contributed by atoms with Gasteiger partial charge in [-0.1, -0.05) is 25.1 Å². The lowest BCUT2D eigenvalue weighted by Gasteiger charge is -2.20. The summed E-state index contributed by atoms with van der Waals surface area (Å²) in [7, 11) is 1.82. The Bertz CT molecular complexity index is 1260.